The van der Waals surface area contributed by atoms with Crippen LogP contribution in [0.2, 0.25) is 0 Å². The van der Waals surface area contributed by atoms with E-state index in [1.165, 1.54) is 18.3 Å². The zero-order chi connectivity index (χ0) is 17.7. The summed E-state index contributed by atoms with van der Waals surface area (Å²) in [6.07, 6.45) is 2.36. The van der Waals surface area contributed by atoms with E-state index < -0.39 is 14.8 Å². The van der Waals surface area contributed by atoms with E-state index in [-0.39, 0.29) is 10.6 Å². The van der Waals surface area contributed by atoms with E-state index in [4.69, 9.17) is 4.74 Å². The van der Waals surface area contributed by atoms with Gasteiger partial charge in [0, 0.05) is 11.8 Å². The van der Waals surface area contributed by atoms with Gasteiger partial charge >= 0.3 is 0 Å². The van der Waals surface area contributed by atoms with Crippen LogP contribution in [0.5, 0.6) is 5.75 Å². The van der Waals surface area contributed by atoms with E-state index in [1.54, 1.807) is 25.1 Å². The molecule has 0 saturated heterocycles. The summed E-state index contributed by atoms with van der Waals surface area (Å²) in [6.45, 7) is 2.42. The van der Waals surface area contributed by atoms with Gasteiger partial charge in [-0.1, -0.05) is 0 Å². The van der Waals surface area contributed by atoms with Gasteiger partial charge in [-0.2, -0.15) is 0 Å². The van der Waals surface area contributed by atoms with Crippen molar-refractivity contribution in [3.05, 3.63) is 52.2 Å². The van der Waals surface area contributed by atoms with Crippen LogP contribution in [-0.2, 0) is 9.84 Å². The minimum atomic E-state index is -3.22. The highest BCUT2D eigenvalue weighted by Crippen LogP contribution is 2.19. The second-order valence-electron chi connectivity index (χ2n) is 5.13. The van der Waals surface area contributed by atoms with E-state index in [9.17, 15) is 18.5 Å². The first kappa shape index (κ1) is 17.7. The Labute approximate surface area is 139 Å². The van der Waals surface area contributed by atoms with Gasteiger partial charge in [-0.05, 0) is 37.3 Å². The number of ether oxygens (including phenoxy) is 1. The maximum Gasteiger partial charge on any atom is 0.290 e. The number of hydrogen-bond acceptors (Lipinski definition) is 7. The number of hydrogen-bond donors (Lipinski definition) is 1. The van der Waals surface area contributed by atoms with Crippen molar-refractivity contribution >= 4 is 21.3 Å². The predicted molar refractivity (Wildman–Crippen MR) is 89.2 cm³/mol. The van der Waals surface area contributed by atoms with E-state index in [2.05, 4.69) is 10.3 Å². The van der Waals surface area contributed by atoms with Crippen LogP contribution < -0.4 is 10.1 Å². The van der Waals surface area contributed by atoms with Gasteiger partial charge in [0.25, 0.3) is 5.69 Å². The third kappa shape index (κ3) is 4.66. The van der Waals surface area contributed by atoms with Crippen molar-refractivity contribution in [2.75, 3.05) is 24.7 Å². The fourth-order valence-electron chi connectivity index (χ4n) is 1.97. The summed E-state index contributed by atoms with van der Waals surface area (Å²) in [5, 5.41) is 13.7. The van der Waals surface area contributed by atoms with Gasteiger partial charge in [0.2, 0.25) is 0 Å². The highest BCUT2D eigenvalue weighted by molar-refractivity contribution is 7.90. The monoisotopic (exact) mass is 351 g/mol. The molecule has 0 saturated carbocycles. The van der Waals surface area contributed by atoms with Crippen molar-refractivity contribution in [1.29, 1.82) is 0 Å². The van der Waals surface area contributed by atoms with Crippen LogP contribution in [0.25, 0.3) is 0 Å². The predicted octanol–water partition coefficient (Wildman–Crippen LogP) is 2.19. The molecule has 2 aromatic rings. The molecular weight excluding hydrogens is 334 g/mol. The Balaban J connectivity index is 1.85. The first-order valence-electron chi connectivity index (χ1n) is 7.05. The van der Waals surface area contributed by atoms with Crippen molar-refractivity contribution in [1.82, 2.24) is 4.98 Å². The molecule has 0 bridgehead atoms. The summed E-state index contributed by atoms with van der Waals surface area (Å²) in [7, 11) is -3.22. The summed E-state index contributed by atoms with van der Waals surface area (Å²) in [5.41, 5.74) is 0.498. The van der Waals surface area contributed by atoms with Gasteiger partial charge in [0.1, 0.15) is 24.4 Å². The van der Waals surface area contributed by atoms with Crippen molar-refractivity contribution in [2.45, 2.75) is 11.8 Å². The number of rotatable bonds is 7. The normalized spacial score (nSPS) is 11.1. The third-order valence-electron chi connectivity index (χ3n) is 3.21. The molecule has 2 rings (SSSR count). The Hall–Kier alpha value is -2.68. The number of aryl methyl sites for hydroxylation is 1. The van der Waals surface area contributed by atoms with Crippen LogP contribution in [0.4, 0.5) is 11.5 Å². The third-order valence-corrected chi connectivity index (χ3v) is 4.34. The van der Waals surface area contributed by atoms with Gasteiger partial charge < -0.3 is 10.1 Å². The van der Waals surface area contributed by atoms with Crippen LogP contribution in [0.3, 0.4) is 0 Å². The maximum absolute atomic E-state index is 11.4. The number of benzene rings is 1. The second-order valence-corrected chi connectivity index (χ2v) is 7.15. The summed E-state index contributed by atoms with van der Waals surface area (Å²) in [5.74, 6) is 1.08. The first-order chi connectivity index (χ1) is 11.3. The van der Waals surface area contributed by atoms with Crippen molar-refractivity contribution in [2.24, 2.45) is 0 Å². The molecule has 0 fully saturated rings. The zero-order valence-electron chi connectivity index (χ0n) is 13.2. The summed E-state index contributed by atoms with van der Waals surface area (Å²) in [6, 6.07) is 7.74. The minimum absolute atomic E-state index is 0.0252. The molecule has 0 amide bonds. The Bertz CT molecular complexity index is 835. The van der Waals surface area contributed by atoms with Crippen LogP contribution in [0.1, 0.15) is 5.56 Å². The Morgan fingerprint density at radius 3 is 2.50 bits per heavy atom. The topological polar surface area (TPSA) is 111 Å². The molecule has 0 atom stereocenters. The van der Waals surface area contributed by atoms with Crippen molar-refractivity contribution in [3.63, 3.8) is 0 Å². The van der Waals surface area contributed by atoms with Crippen LogP contribution in [0, 0.1) is 17.0 Å². The number of nitrogens with zero attached hydrogens (tertiary/aromatic N) is 2. The SMILES string of the molecule is Cc1cc(NCCOc2ccc(S(C)(=O)=O)cc2)ncc1[N+](=O)[O-]. The second kappa shape index (κ2) is 7.26. The average molecular weight is 351 g/mol. The largest absolute Gasteiger partial charge is 0.492 e. The summed E-state index contributed by atoms with van der Waals surface area (Å²) < 4.78 is 28.2. The molecule has 0 radical (unpaired) electrons. The fourth-order valence-corrected chi connectivity index (χ4v) is 2.60. The molecular formula is C15H17N3O5S. The molecule has 0 aliphatic rings. The van der Waals surface area contributed by atoms with E-state index in [1.807, 2.05) is 0 Å². The molecule has 1 aromatic carbocycles. The lowest BCUT2D eigenvalue weighted by molar-refractivity contribution is -0.385. The van der Waals surface area contributed by atoms with Gasteiger partial charge in [-0.3, -0.25) is 10.1 Å². The molecule has 128 valence electrons. The minimum Gasteiger partial charge on any atom is -0.492 e. The lowest BCUT2D eigenvalue weighted by Gasteiger charge is -2.09. The highest BCUT2D eigenvalue weighted by Gasteiger charge is 2.11. The Morgan fingerprint density at radius 1 is 1.29 bits per heavy atom. The highest BCUT2D eigenvalue weighted by atomic mass is 32.2. The van der Waals surface area contributed by atoms with Crippen LogP contribution in [-0.4, -0.2) is 37.7 Å². The Kier molecular flexibility index (Phi) is 5.35. The molecule has 0 unspecified atom stereocenters. The van der Waals surface area contributed by atoms with Gasteiger partial charge in [0.05, 0.1) is 16.4 Å². The molecule has 1 heterocycles. The molecule has 0 aliphatic heterocycles. The molecule has 9 heteroatoms. The Morgan fingerprint density at radius 2 is 1.96 bits per heavy atom. The van der Waals surface area contributed by atoms with E-state index in [0.29, 0.717) is 30.3 Å². The summed E-state index contributed by atoms with van der Waals surface area (Å²) >= 11 is 0. The molecule has 24 heavy (non-hydrogen) atoms. The van der Waals surface area contributed by atoms with Gasteiger partial charge in [0.15, 0.2) is 9.84 Å². The number of sulfone groups is 1. The molecule has 0 aliphatic carbocycles. The van der Waals surface area contributed by atoms with Crippen LogP contribution in [0.15, 0.2) is 41.4 Å². The smallest absolute Gasteiger partial charge is 0.290 e. The molecule has 1 N–H and O–H groups in total. The fraction of sp³-hybridized carbons (Fsp3) is 0.267. The van der Waals surface area contributed by atoms with E-state index >= 15 is 0 Å². The average Bonchev–Trinajstić information content (AvgIpc) is 2.51. The zero-order valence-corrected chi connectivity index (χ0v) is 14.0. The quantitative estimate of drug-likeness (QED) is 0.462. The number of aromatic nitrogens is 1. The standard InChI is InChI=1S/C15H17N3O5S/c1-11-9-15(17-10-14(11)18(19)20)16-7-8-23-12-3-5-13(6-4-12)24(2,21)22/h3-6,9-10H,7-8H2,1-2H3,(H,16,17). The van der Waals surface area contributed by atoms with Crippen molar-refractivity contribution in [3.8, 4) is 5.75 Å². The lowest BCUT2D eigenvalue weighted by atomic mass is 10.2. The first-order valence-corrected chi connectivity index (χ1v) is 8.94. The van der Waals surface area contributed by atoms with Crippen LogP contribution >= 0.6 is 0 Å². The molecule has 1 aromatic heterocycles. The molecule has 8 nitrogen and oxygen atoms in total. The number of pyridine rings is 1. The number of nitro groups is 1. The maximum atomic E-state index is 11.4. The summed E-state index contributed by atoms with van der Waals surface area (Å²) in [4.78, 5) is 14.5. The van der Waals surface area contributed by atoms with Crippen molar-refractivity contribution < 1.29 is 18.1 Å². The number of anilines is 1. The van der Waals surface area contributed by atoms with Gasteiger partial charge in [-0.15, -0.1) is 0 Å². The molecule has 0 spiro atoms. The lowest BCUT2D eigenvalue weighted by Crippen LogP contribution is -2.12. The van der Waals surface area contributed by atoms with E-state index in [0.717, 1.165) is 6.26 Å². The number of nitrogens with one attached hydrogen (secondary N) is 1. The van der Waals surface area contributed by atoms with Gasteiger partial charge in [-0.25, -0.2) is 13.4 Å².